The van der Waals surface area contributed by atoms with Gasteiger partial charge in [-0.1, -0.05) is 30.3 Å². The Morgan fingerprint density at radius 3 is 2.71 bits per heavy atom. The first-order valence-corrected chi connectivity index (χ1v) is 7.29. The second-order valence-electron chi connectivity index (χ2n) is 5.32. The standard InChI is InChI=1S/C18H19FN2/c19-16-7-3-5-14(11-16)12-21-13-15(6-4-10-20)17-8-1-2-9-18(17)21/h1-3,5,7-9,11,13H,4,6,10,12,20H2. The van der Waals surface area contributed by atoms with Gasteiger partial charge in [0, 0.05) is 23.6 Å². The van der Waals surface area contributed by atoms with Crippen molar-refractivity contribution in [2.75, 3.05) is 6.54 Å². The van der Waals surface area contributed by atoms with Gasteiger partial charge in [0.05, 0.1) is 0 Å². The minimum absolute atomic E-state index is 0.188. The Morgan fingerprint density at radius 2 is 1.90 bits per heavy atom. The molecule has 0 unspecified atom stereocenters. The molecule has 0 saturated heterocycles. The van der Waals surface area contributed by atoms with Crippen LogP contribution in [0, 0.1) is 5.82 Å². The van der Waals surface area contributed by atoms with E-state index in [1.165, 1.54) is 22.5 Å². The molecule has 0 saturated carbocycles. The van der Waals surface area contributed by atoms with Crippen molar-refractivity contribution >= 4 is 10.9 Å². The molecule has 0 aliphatic carbocycles. The van der Waals surface area contributed by atoms with Crippen molar-refractivity contribution in [2.24, 2.45) is 5.73 Å². The average Bonchev–Trinajstić information content (AvgIpc) is 2.84. The molecule has 0 aliphatic heterocycles. The molecule has 1 aromatic heterocycles. The molecule has 3 heteroatoms. The smallest absolute Gasteiger partial charge is 0.123 e. The fraction of sp³-hybridized carbons (Fsp3) is 0.222. The van der Waals surface area contributed by atoms with Crippen molar-refractivity contribution in [3.05, 3.63) is 71.7 Å². The molecule has 2 nitrogen and oxygen atoms in total. The zero-order valence-corrected chi connectivity index (χ0v) is 11.9. The summed E-state index contributed by atoms with van der Waals surface area (Å²) in [5, 5.41) is 1.27. The van der Waals surface area contributed by atoms with Crippen LogP contribution >= 0.6 is 0 Å². The van der Waals surface area contributed by atoms with E-state index in [1.54, 1.807) is 12.1 Å². The van der Waals surface area contributed by atoms with Gasteiger partial charge in [0.1, 0.15) is 5.82 Å². The van der Waals surface area contributed by atoms with Gasteiger partial charge in [-0.05, 0) is 48.7 Å². The van der Waals surface area contributed by atoms with Crippen LogP contribution in [-0.2, 0) is 13.0 Å². The summed E-state index contributed by atoms with van der Waals surface area (Å²) in [7, 11) is 0. The van der Waals surface area contributed by atoms with Crippen molar-refractivity contribution in [3.63, 3.8) is 0 Å². The van der Waals surface area contributed by atoms with Gasteiger partial charge in [-0.15, -0.1) is 0 Å². The van der Waals surface area contributed by atoms with Crippen LogP contribution in [0.1, 0.15) is 17.5 Å². The van der Waals surface area contributed by atoms with E-state index in [0.717, 1.165) is 18.4 Å². The van der Waals surface area contributed by atoms with Crippen molar-refractivity contribution in [2.45, 2.75) is 19.4 Å². The van der Waals surface area contributed by atoms with Gasteiger partial charge in [0.2, 0.25) is 0 Å². The van der Waals surface area contributed by atoms with Crippen molar-refractivity contribution in [3.8, 4) is 0 Å². The molecule has 2 N–H and O–H groups in total. The fourth-order valence-corrected chi connectivity index (χ4v) is 2.78. The van der Waals surface area contributed by atoms with E-state index in [4.69, 9.17) is 5.73 Å². The topological polar surface area (TPSA) is 30.9 Å². The Bertz CT molecular complexity index is 746. The predicted octanol–water partition coefficient (Wildman–Crippen LogP) is 3.72. The van der Waals surface area contributed by atoms with Crippen molar-refractivity contribution in [1.29, 1.82) is 0 Å². The highest BCUT2D eigenvalue weighted by Crippen LogP contribution is 2.23. The number of nitrogens with zero attached hydrogens (tertiary/aromatic N) is 1. The summed E-state index contributed by atoms with van der Waals surface area (Å²) in [6.07, 6.45) is 4.13. The molecule has 0 fully saturated rings. The Kier molecular flexibility index (Phi) is 4.02. The lowest BCUT2D eigenvalue weighted by atomic mass is 10.1. The Hall–Kier alpha value is -2.13. The maximum atomic E-state index is 13.3. The number of nitrogens with two attached hydrogens (primary N) is 1. The lowest BCUT2D eigenvalue weighted by Gasteiger charge is -2.05. The first-order valence-electron chi connectivity index (χ1n) is 7.29. The lowest BCUT2D eigenvalue weighted by molar-refractivity contribution is 0.624. The van der Waals surface area contributed by atoms with E-state index in [9.17, 15) is 4.39 Å². The minimum atomic E-state index is -0.188. The molecule has 0 atom stereocenters. The summed E-state index contributed by atoms with van der Waals surface area (Å²) in [4.78, 5) is 0. The number of hydrogen-bond acceptors (Lipinski definition) is 1. The molecule has 0 spiro atoms. The van der Waals surface area contributed by atoms with Crippen LogP contribution in [0.2, 0.25) is 0 Å². The highest BCUT2D eigenvalue weighted by molar-refractivity contribution is 5.84. The zero-order chi connectivity index (χ0) is 14.7. The molecule has 2 aromatic carbocycles. The van der Waals surface area contributed by atoms with Crippen molar-refractivity contribution in [1.82, 2.24) is 4.57 Å². The molecule has 0 aliphatic rings. The first-order chi connectivity index (χ1) is 10.3. The Balaban J connectivity index is 1.98. The molecular weight excluding hydrogens is 263 g/mol. The molecule has 21 heavy (non-hydrogen) atoms. The van der Waals surface area contributed by atoms with Crippen LogP contribution in [-0.4, -0.2) is 11.1 Å². The number of fused-ring (bicyclic) bond motifs is 1. The second-order valence-corrected chi connectivity index (χ2v) is 5.32. The summed E-state index contributed by atoms with van der Waals surface area (Å²) in [5.41, 5.74) is 9.09. The van der Waals surface area contributed by atoms with E-state index in [1.807, 2.05) is 12.1 Å². The third-order valence-corrected chi connectivity index (χ3v) is 3.76. The maximum Gasteiger partial charge on any atom is 0.123 e. The number of aromatic nitrogens is 1. The van der Waals surface area contributed by atoms with Crippen LogP contribution in [0.4, 0.5) is 4.39 Å². The summed E-state index contributed by atoms with van der Waals surface area (Å²) in [5.74, 6) is -0.188. The zero-order valence-electron chi connectivity index (χ0n) is 11.9. The number of para-hydroxylation sites is 1. The lowest BCUT2D eigenvalue weighted by Crippen LogP contribution is -2.00. The minimum Gasteiger partial charge on any atom is -0.343 e. The molecule has 1 heterocycles. The normalized spacial score (nSPS) is 11.1. The molecule has 108 valence electrons. The molecule has 3 rings (SSSR count). The van der Waals surface area contributed by atoms with Gasteiger partial charge >= 0.3 is 0 Å². The maximum absolute atomic E-state index is 13.3. The quantitative estimate of drug-likeness (QED) is 0.759. The van der Waals surface area contributed by atoms with Crippen LogP contribution in [0.5, 0.6) is 0 Å². The van der Waals surface area contributed by atoms with E-state index in [-0.39, 0.29) is 5.82 Å². The van der Waals surface area contributed by atoms with Crippen molar-refractivity contribution < 1.29 is 4.39 Å². The molecule has 3 aromatic rings. The highest BCUT2D eigenvalue weighted by Gasteiger charge is 2.08. The number of hydrogen-bond donors (Lipinski definition) is 1. The molecular formula is C18H19FN2. The van der Waals surface area contributed by atoms with Gasteiger partial charge in [-0.3, -0.25) is 0 Å². The van der Waals surface area contributed by atoms with Gasteiger partial charge in [-0.2, -0.15) is 0 Å². The Morgan fingerprint density at radius 1 is 1.05 bits per heavy atom. The fourth-order valence-electron chi connectivity index (χ4n) is 2.78. The SMILES string of the molecule is NCCCc1cn(Cc2cccc(F)c2)c2ccccc12. The number of benzene rings is 2. The van der Waals surface area contributed by atoms with E-state index >= 15 is 0 Å². The number of halogens is 1. The predicted molar refractivity (Wildman–Crippen MR) is 84.8 cm³/mol. The monoisotopic (exact) mass is 282 g/mol. The summed E-state index contributed by atoms with van der Waals surface area (Å²) in [6, 6.07) is 15.1. The summed E-state index contributed by atoms with van der Waals surface area (Å²) in [6.45, 7) is 1.38. The average molecular weight is 282 g/mol. The third kappa shape index (κ3) is 2.98. The van der Waals surface area contributed by atoms with Gasteiger partial charge in [-0.25, -0.2) is 4.39 Å². The Labute approximate surface area is 124 Å². The van der Waals surface area contributed by atoms with E-state index < -0.39 is 0 Å². The summed E-state index contributed by atoms with van der Waals surface area (Å²) < 4.78 is 15.5. The molecule has 0 bridgehead atoms. The molecule has 0 radical (unpaired) electrons. The van der Waals surface area contributed by atoms with Gasteiger partial charge < -0.3 is 10.3 Å². The van der Waals surface area contributed by atoms with Gasteiger partial charge in [0.15, 0.2) is 0 Å². The van der Waals surface area contributed by atoms with Crippen LogP contribution in [0.15, 0.2) is 54.7 Å². The largest absolute Gasteiger partial charge is 0.343 e. The molecule has 0 amide bonds. The summed E-state index contributed by atoms with van der Waals surface area (Å²) >= 11 is 0. The van der Waals surface area contributed by atoms with E-state index in [2.05, 4.69) is 29.0 Å². The highest BCUT2D eigenvalue weighted by atomic mass is 19.1. The third-order valence-electron chi connectivity index (χ3n) is 3.76. The number of aryl methyl sites for hydroxylation is 1. The van der Waals surface area contributed by atoms with Gasteiger partial charge in [0.25, 0.3) is 0 Å². The number of rotatable bonds is 5. The second kappa shape index (κ2) is 6.10. The van der Waals surface area contributed by atoms with Crippen LogP contribution in [0.3, 0.4) is 0 Å². The van der Waals surface area contributed by atoms with Crippen LogP contribution < -0.4 is 5.73 Å². The van der Waals surface area contributed by atoms with E-state index in [0.29, 0.717) is 13.1 Å². The van der Waals surface area contributed by atoms with Crippen LogP contribution in [0.25, 0.3) is 10.9 Å². The first kappa shape index (κ1) is 13.8.